The normalized spacial score (nSPS) is 10.6. The van der Waals surface area contributed by atoms with Crippen LogP contribution in [0.1, 0.15) is 24.5 Å². The van der Waals surface area contributed by atoms with Crippen LogP contribution in [-0.4, -0.2) is 38.4 Å². The zero-order valence-corrected chi connectivity index (χ0v) is 13.3. The second-order valence-electron chi connectivity index (χ2n) is 4.80. The maximum Gasteiger partial charge on any atom is 0.230 e. The molecule has 1 aromatic heterocycles. The van der Waals surface area contributed by atoms with Gasteiger partial charge in [0.05, 0.1) is 11.4 Å². The predicted octanol–water partition coefficient (Wildman–Crippen LogP) is 1.90. The third-order valence-corrected chi connectivity index (χ3v) is 3.86. The number of aromatic nitrogens is 4. The summed E-state index contributed by atoms with van der Waals surface area (Å²) in [7, 11) is 0. The smallest absolute Gasteiger partial charge is 0.230 e. The van der Waals surface area contributed by atoms with Crippen LogP contribution < -0.4 is 5.32 Å². The molecule has 1 aromatic carbocycles. The number of tetrazole rings is 1. The number of thioether (sulfide) groups is 1. The average Bonchev–Trinajstić information content (AvgIpc) is 2.93. The van der Waals surface area contributed by atoms with Crippen LogP contribution in [0.5, 0.6) is 0 Å². The summed E-state index contributed by atoms with van der Waals surface area (Å²) in [4.78, 5) is 11.7. The van der Waals surface area contributed by atoms with Gasteiger partial charge in [-0.3, -0.25) is 4.79 Å². The molecule has 1 heterocycles. The largest absolute Gasteiger partial charge is 0.355 e. The van der Waals surface area contributed by atoms with E-state index in [4.69, 9.17) is 0 Å². The molecule has 1 amide bonds. The van der Waals surface area contributed by atoms with E-state index in [0.717, 1.165) is 23.2 Å². The number of aryl methyl sites for hydroxylation is 2. The lowest BCUT2D eigenvalue weighted by atomic mass is 10.1. The number of hydrogen-bond donors (Lipinski definition) is 1. The van der Waals surface area contributed by atoms with Crippen molar-refractivity contribution >= 4 is 17.7 Å². The number of benzene rings is 1. The summed E-state index contributed by atoms with van der Waals surface area (Å²) in [6.45, 7) is 6.76. The molecule has 0 radical (unpaired) electrons. The molecule has 2 rings (SSSR count). The number of carbonyl (C=O) groups excluding carboxylic acids is 1. The minimum Gasteiger partial charge on any atom is -0.355 e. The van der Waals surface area contributed by atoms with E-state index in [2.05, 4.69) is 20.8 Å². The van der Waals surface area contributed by atoms with Gasteiger partial charge in [0, 0.05) is 6.54 Å². The predicted molar refractivity (Wildman–Crippen MR) is 82.7 cm³/mol. The van der Waals surface area contributed by atoms with Gasteiger partial charge in [-0.05, 0) is 47.9 Å². The Balaban J connectivity index is 2.12. The van der Waals surface area contributed by atoms with E-state index in [1.807, 2.05) is 39.0 Å². The monoisotopic (exact) mass is 305 g/mol. The Hall–Kier alpha value is -1.89. The fourth-order valence-electron chi connectivity index (χ4n) is 1.81. The number of nitrogens with zero attached hydrogens (tertiary/aromatic N) is 4. The van der Waals surface area contributed by atoms with Crippen molar-refractivity contribution in [1.82, 2.24) is 25.5 Å². The fourth-order valence-corrected chi connectivity index (χ4v) is 2.53. The van der Waals surface area contributed by atoms with Crippen LogP contribution in [0.4, 0.5) is 0 Å². The first-order chi connectivity index (χ1) is 10.1. The molecule has 0 fully saturated rings. The first-order valence-corrected chi connectivity index (χ1v) is 7.86. The average molecular weight is 305 g/mol. The molecule has 6 nitrogen and oxygen atoms in total. The van der Waals surface area contributed by atoms with Gasteiger partial charge in [0.2, 0.25) is 11.1 Å². The van der Waals surface area contributed by atoms with Crippen LogP contribution in [0.15, 0.2) is 23.4 Å². The molecule has 0 aliphatic carbocycles. The topological polar surface area (TPSA) is 72.7 Å². The van der Waals surface area contributed by atoms with E-state index in [9.17, 15) is 4.79 Å². The highest BCUT2D eigenvalue weighted by Gasteiger charge is 2.13. The minimum absolute atomic E-state index is 0.00244. The van der Waals surface area contributed by atoms with Gasteiger partial charge in [0.25, 0.3) is 0 Å². The van der Waals surface area contributed by atoms with E-state index in [1.165, 1.54) is 11.8 Å². The van der Waals surface area contributed by atoms with Crippen LogP contribution in [0, 0.1) is 13.8 Å². The lowest BCUT2D eigenvalue weighted by Gasteiger charge is -2.08. The van der Waals surface area contributed by atoms with Gasteiger partial charge in [-0.25, -0.2) is 0 Å². The highest BCUT2D eigenvalue weighted by atomic mass is 32.2. The Kier molecular flexibility index (Phi) is 5.32. The van der Waals surface area contributed by atoms with E-state index < -0.39 is 0 Å². The van der Waals surface area contributed by atoms with Crippen LogP contribution in [0.3, 0.4) is 0 Å². The zero-order chi connectivity index (χ0) is 15.2. The molecular weight excluding hydrogens is 286 g/mol. The standard InChI is InChI=1S/C14H19N5OS/c1-4-7-15-13(20)9-21-14-16-17-18-19(14)12-8-10(2)5-6-11(12)3/h5-6,8H,4,7,9H2,1-3H3,(H,15,20). The molecule has 0 spiro atoms. The second-order valence-corrected chi connectivity index (χ2v) is 5.74. The lowest BCUT2D eigenvalue weighted by Crippen LogP contribution is -2.25. The summed E-state index contributed by atoms with van der Waals surface area (Å²) >= 11 is 1.34. The van der Waals surface area contributed by atoms with Gasteiger partial charge in [-0.2, -0.15) is 4.68 Å². The summed E-state index contributed by atoms with van der Waals surface area (Å²) < 4.78 is 1.68. The van der Waals surface area contributed by atoms with Crippen LogP contribution in [-0.2, 0) is 4.79 Å². The van der Waals surface area contributed by atoms with Gasteiger partial charge in [-0.15, -0.1) is 5.10 Å². The zero-order valence-electron chi connectivity index (χ0n) is 12.5. The van der Waals surface area contributed by atoms with Crippen molar-refractivity contribution in [2.24, 2.45) is 0 Å². The summed E-state index contributed by atoms with van der Waals surface area (Å²) in [5.41, 5.74) is 3.17. The highest BCUT2D eigenvalue weighted by Crippen LogP contribution is 2.21. The highest BCUT2D eigenvalue weighted by molar-refractivity contribution is 7.99. The van der Waals surface area contributed by atoms with Gasteiger partial charge >= 0.3 is 0 Å². The maximum absolute atomic E-state index is 11.7. The van der Waals surface area contributed by atoms with Gasteiger partial charge < -0.3 is 5.32 Å². The fraction of sp³-hybridized carbons (Fsp3) is 0.429. The van der Waals surface area contributed by atoms with Crippen LogP contribution in [0.2, 0.25) is 0 Å². The van der Waals surface area contributed by atoms with Crippen molar-refractivity contribution in [1.29, 1.82) is 0 Å². The molecule has 0 unspecified atom stereocenters. The summed E-state index contributed by atoms with van der Waals surface area (Å²) in [6.07, 6.45) is 0.927. The molecule has 2 aromatic rings. The molecule has 1 N–H and O–H groups in total. The van der Waals surface area contributed by atoms with Gasteiger partial charge in [0.1, 0.15) is 0 Å². The molecule has 0 saturated heterocycles. The summed E-state index contributed by atoms with van der Waals surface area (Å²) in [5, 5.41) is 15.2. The van der Waals surface area contributed by atoms with E-state index in [0.29, 0.717) is 17.5 Å². The Labute approximate surface area is 128 Å². The van der Waals surface area contributed by atoms with Gasteiger partial charge in [0.15, 0.2) is 0 Å². The molecule has 0 bridgehead atoms. The lowest BCUT2D eigenvalue weighted by molar-refractivity contribution is -0.118. The van der Waals surface area contributed by atoms with Crippen molar-refractivity contribution in [2.75, 3.05) is 12.3 Å². The maximum atomic E-state index is 11.7. The van der Waals surface area contributed by atoms with Crippen LogP contribution >= 0.6 is 11.8 Å². The Morgan fingerprint density at radius 2 is 2.19 bits per heavy atom. The molecule has 0 atom stereocenters. The third-order valence-electron chi connectivity index (χ3n) is 2.94. The van der Waals surface area contributed by atoms with Gasteiger partial charge in [-0.1, -0.05) is 30.8 Å². The number of nitrogens with one attached hydrogen (secondary N) is 1. The minimum atomic E-state index is -0.00244. The number of rotatable bonds is 6. The Bertz CT molecular complexity index is 626. The molecule has 21 heavy (non-hydrogen) atoms. The van der Waals surface area contributed by atoms with E-state index in [1.54, 1.807) is 4.68 Å². The Morgan fingerprint density at radius 3 is 2.95 bits per heavy atom. The van der Waals surface area contributed by atoms with Crippen molar-refractivity contribution in [3.8, 4) is 5.69 Å². The molecule has 7 heteroatoms. The van der Waals surface area contributed by atoms with E-state index >= 15 is 0 Å². The molecular formula is C14H19N5OS. The molecule has 0 aliphatic heterocycles. The SMILES string of the molecule is CCCNC(=O)CSc1nnnn1-c1cc(C)ccc1C. The van der Waals surface area contributed by atoms with Crippen molar-refractivity contribution in [3.63, 3.8) is 0 Å². The third kappa shape index (κ3) is 4.04. The molecule has 0 aliphatic rings. The number of amides is 1. The quantitative estimate of drug-likeness (QED) is 0.825. The Morgan fingerprint density at radius 1 is 1.38 bits per heavy atom. The summed E-state index contributed by atoms with van der Waals surface area (Å²) in [6, 6.07) is 6.12. The van der Waals surface area contributed by atoms with Crippen molar-refractivity contribution in [2.45, 2.75) is 32.3 Å². The number of hydrogen-bond acceptors (Lipinski definition) is 5. The molecule has 112 valence electrons. The summed E-state index contributed by atoms with van der Waals surface area (Å²) in [5.74, 6) is 0.308. The number of carbonyl (C=O) groups is 1. The van der Waals surface area contributed by atoms with Crippen LogP contribution in [0.25, 0.3) is 5.69 Å². The van der Waals surface area contributed by atoms with E-state index in [-0.39, 0.29) is 5.91 Å². The first-order valence-electron chi connectivity index (χ1n) is 6.87. The first kappa shape index (κ1) is 15.5. The second kappa shape index (κ2) is 7.21. The molecule has 0 saturated carbocycles. The van der Waals surface area contributed by atoms with Crippen molar-refractivity contribution < 1.29 is 4.79 Å². The van der Waals surface area contributed by atoms with Crippen molar-refractivity contribution in [3.05, 3.63) is 29.3 Å².